The van der Waals surface area contributed by atoms with Crippen molar-refractivity contribution in [1.29, 1.82) is 0 Å². The highest BCUT2D eigenvalue weighted by atomic mass is 32.2. The second kappa shape index (κ2) is 6.88. The summed E-state index contributed by atoms with van der Waals surface area (Å²) in [6.45, 7) is 4.95. The fourth-order valence-corrected chi connectivity index (χ4v) is 2.54. The number of rotatable bonds is 7. The number of nitrogens with two attached hydrogens (primary N) is 1. The fourth-order valence-electron chi connectivity index (χ4n) is 1.81. The average molecular weight is 285 g/mol. The van der Waals surface area contributed by atoms with Crippen LogP contribution in [0.25, 0.3) is 0 Å². The number of sulfonamides is 1. The normalized spacial score (nSPS) is 13.5. The summed E-state index contributed by atoms with van der Waals surface area (Å²) >= 11 is 0. The van der Waals surface area contributed by atoms with E-state index in [9.17, 15) is 8.42 Å². The predicted molar refractivity (Wildman–Crippen MR) is 78.6 cm³/mol. The molecule has 0 amide bonds. The van der Waals surface area contributed by atoms with E-state index in [4.69, 9.17) is 5.73 Å². The van der Waals surface area contributed by atoms with Crippen molar-refractivity contribution >= 4 is 15.7 Å². The standard InChI is InChI=1S/C13H23N3O2S/c1-10(2)8-11(14)9-16-12-4-6-13(7-5-12)19(17,18)15-3/h4-7,10-11,15-16H,8-9,14H2,1-3H3. The Morgan fingerprint density at radius 3 is 2.26 bits per heavy atom. The van der Waals surface area contributed by atoms with Crippen LogP contribution in [0.3, 0.4) is 0 Å². The van der Waals surface area contributed by atoms with Crippen molar-refractivity contribution in [3.05, 3.63) is 24.3 Å². The van der Waals surface area contributed by atoms with Gasteiger partial charge in [-0.3, -0.25) is 0 Å². The molecule has 0 bridgehead atoms. The second-order valence-electron chi connectivity index (χ2n) is 5.00. The molecule has 0 aliphatic rings. The van der Waals surface area contributed by atoms with Crippen LogP contribution in [-0.2, 0) is 10.0 Å². The van der Waals surface area contributed by atoms with Gasteiger partial charge in [-0.1, -0.05) is 13.8 Å². The summed E-state index contributed by atoms with van der Waals surface area (Å²) < 4.78 is 25.4. The lowest BCUT2D eigenvalue weighted by Gasteiger charge is -2.15. The van der Waals surface area contributed by atoms with Crippen LogP contribution in [0.2, 0.25) is 0 Å². The Morgan fingerprint density at radius 1 is 1.21 bits per heavy atom. The third-order valence-electron chi connectivity index (χ3n) is 2.78. The van der Waals surface area contributed by atoms with Crippen molar-refractivity contribution in [2.75, 3.05) is 18.9 Å². The Kier molecular flexibility index (Phi) is 5.78. The second-order valence-corrected chi connectivity index (χ2v) is 6.89. The van der Waals surface area contributed by atoms with Crippen LogP contribution in [0.15, 0.2) is 29.2 Å². The summed E-state index contributed by atoms with van der Waals surface area (Å²) in [6.07, 6.45) is 0.958. The lowest BCUT2D eigenvalue weighted by Crippen LogP contribution is -2.30. The molecule has 0 radical (unpaired) electrons. The molecule has 1 atom stereocenters. The summed E-state index contributed by atoms with van der Waals surface area (Å²) in [7, 11) is -1.97. The van der Waals surface area contributed by atoms with E-state index in [1.54, 1.807) is 24.3 Å². The molecule has 0 saturated carbocycles. The molecular weight excluding hydrogens is 262 g/mol. The van der Waals surface area contributed by atoms with Crippen LogP contribution in [0.4, 0.5) is 5.69 Å². The fraction of sp³-hybridized carbons (Fsp3) is 0.538. The van der Waals surface area contributed by atoms with Crippen LogP contribution >= 0.6 is 0 Å². The maximum absolute atomic E-state index is 11.5. The van der Waals surface area contributed by atoms with Crippen molar-refractivity contribution in [2.24, 2.45) is 11.7 Å². The Hall–Kier alpha value is -1.11. The van der Waals surface area contributed by atoms with Gasteiger partial charge in [0.15, 0.2) is 0 Å². The highest BCUT2D eigenvalue weighted by Crippen LogP contribution is 2.14. The molecule has 4 N–H and O–H groups in total. The summed E-state index contributed by atoms with van der Waals surface area (Å²) in [6, 6.07) is 6.73. The number of anilines is 1. The first-order chi connectivity index (χ1) is 8.85. The Balaban J connectivity index is 2.58. The summed E-state index contributed by atoms with van der Waals surface area (Å²) in [5.41, 5.74) is 6.84. The number of hydrogen-bond acceptors (Lipinski definition) is 4. The Morgan fingerprint density at radius 2 is 1.79 bits per heavy atom. The minimum absolute atomic E-state index is 0.0979. The number of nitrogens with one attached hydrogen (secondary N) is 2. The molecule has 1 rings (SSSR count). The number of hydrogen-bond donors (Lipinski definition) is 3. The van der Waals surface area contributed by atoms with E-state index >= 15 is 0 Å². The smallest absolute Gasteiger partial charge is 0.240 e. The van der Waals surface area contributed by atoms with Gasteiger partial charge in [0.2, 0.25) is 10.0 Å². The van der Waals surface area contributed by atoms with Gasteiger partial charge in [-0.05, 0) is 43.7 Å². The van der Waals surface area contributed by atoms with Gasteiger partial charge in [0, 0.05) is 18.3 Å². The molecule has 0 saturated heterocycles. The zero-order valence-electron chi connectivity index (χ0n) is 11.7. The van der Waals surface area contributed by atoms with E-state index in [-0.39, 0.29) is 10.9 Å². The van der Waals surface area contributed by atoms with Gasteiger partial charge in [0.05, 0.1) is 4.90 Å². The molecule has 0 heterocycles. The molecule has 6 heteroatoms. The van der Waals surface area contributed by atoms with Crippen molar-refractivity contribution < 1.29 is 8.42 Å². The topological polar surface area (TPSA) is 84.2 Å². The Bertz CT molecular complexity index is 483. The van der Waals surface area contributed by atoms with Gasteiger partial charge in [-0.2, -0.15) is 0 Å². The monoisotopic (exact) mass is 285 g/mol. The van der Waals surface area contributed by atoms with E-state index in [0.717, 1.165) is 12.1 Å². The molecule has 1 aromatic carbocycles. The van der Waals surface area contributed by atoms with Gasteiger partial charge >= 0.3 is 0 Å². The first-order valence-electron chi connectivity index (χ1n) is 6.38. The third kappa shape index (κ3) is 5.18. The van der Waals surface area contributed by atoms with Crippen LogP contribution < -0.4 is 15.8 Å². The van der Waals surface area contributed by atoms with Gasteiger partial charge < -0.3 is 11.1 Å². The maximum atomic E-state index is 11.5. The van der Waals surface area contributed by atoms with Gasteiger partial charge in [-0.25, -0.2) is 13.1 Å². The van der Waals surface area contributed by atoms with E-state index in [1.165, 1.54) is 7.05 Å². The lowest BCUT2D eigenvalue weighted by atomic mass is 10.0. The molecule has 5 nitrogen and oxygen atoms in total. The maximum Gasteiger partial charge on any atom is 0.240 e. The van der Waals surface area contributed by atoms with Gasteiger partial charge in [-0.15, -0.1) is 0 Å². The van der Waals surface area contributed by atoms with Crippen molar-refractivity contribution in [3.63, 3.8) is 0 Å². The molecular formula is C13H23N3O2S. The zero-order valence-corrected chi connectivity index (χ0v) is 12.5. The predicted octanol–water partition coefficient (Wildman–Crippen LogP) is 1.38. The van der Waals surface area contributed by atoms with Crippen LogP contribution in [0.5, 0.6) is 0 Å². The average Bonchev–Trinajstić information content (AvgIpc) is 2.36. The first-order valence-corrected chi connectivity index (χ1v) is 7.86. The SMILES string of the molecule is CNS(=O)(=O)c1ccc(NCC(N)CC(C)C)cc1. The molecule has 0 aromatic heterocycles. The van der Waals surface area contributed by atoms with Gasteiger partial charge in [0.25, 0.3) is 0 Å². The summed E-state index contributed by atoms with van der Waals surface area (Å²) in [5.74, 6) is 0.569. The minimum Gasteiger partial charge on any atom is -0.383 e. The van der Waals surface area contributed by atoms with Crippen LogP contribution in [-0.4, -0.2) is 28.1 Å². The molecule has 0 aliphatic carbocycles. The third-order valence-corrected chi connectivity index (χ3v) is 4.21. The van der Waals surface area contributed by atoms with Crippen molar-refractivity contribution in [3.8, 4) is 0 Å². The number of benzene rings is 1. The lowest BCUT2D eigenvalue weighted by molar-refractivity contribution is 0.508. The van der Waals surface area contributed by atoms with Crippen molar-refractivity contribution in [1.82, 2.24) is 4.72 Å². The summed E-state index contributed by atoms with van der Waals surface area (Å²) in [5, 5.41) is 3.21. The molecule has 0 aliphatic heterocycles. The minimum atomic E-state index is -3.36. The van der Waals surface area contributed by atoms with Gasteiger partial charge in [0.1, 0.15) is 0 Å². The highest BCUT2D eigenvalue weighted by Gasteiger charge is 2.10. The van der Waals surface area contributed by atoms with Crippen molar-refractivity contribution in [2.45, 2.75) is 31.2 Å². The van der Waals surface area contributed by atoms with Crippen LogP contribution in [0, 0.1) is 5.92 Å². The largest absolute Gasteiger partial charge is 0.383 e. The van der Waals surface area contributed by atoms with E-state index in [0.29, 0.717) is 12.5 Å². The molecule has 1 unspecified atom stereocenters. The zero-order chi connectivity index (χ0) is 14.5. The molecule has 0 fully saturated rings. The summed E-state index contributed by atoms with van der Waals surface area (Å²) in [4.78, 5) is 0.257. The highest BCUT2D eigenvalue weighted by molar-refractivity contribution is 7.89. The van der Waals surface area contributed by atoms with E-state index in [1.807, 2.05) is 0 Å². The quantitative estimate of drug-likeness (QED) is 0.706. The van der Waals surface area contributed by atoms with E-state index in [2.05, 4.69) is 23.9 Å². The van der Waals surface area contributed by atoms with Crippen LogP contribution in [0.1, 0.15) is 20.3 Å². The molecule has 19 heavy (non-hydrogen) atoms. The first kappa shape index (κ1) is 15.9. The van der Waals surface area contributed by atoms with E-state index < -0.39 is 10.0 Å². The molecule has 0 spiro atoms. The molecule has 108 valence electrons. The Labute approximate surface area is 115 Å². The molecule has 1 aromatic rings.